The first-order valence-electron chi connectivity index (χ1n) is 10.5. The maximum Gasteiger partial charge on any atom is 0.296 e. The Kier molecular flexibility index (Phi) is 5.37. The second-order valence-corrected chi connectivity index (χ2v) is 8.53. The normalized spacial score (nSPS) is 11.3. The number of hydrogen-bond donors (Lipinski definition) is 1. The second kappa shape index (κ2) is 8.39. The number of nitrogens with zero attached hydrogens (tertiary/aromatic N) is 4. The van der Waals surface area contributed by atoms with Crippen LogP contribution in [0.4, 0.5) is 10.1 Å². The van der Waals surface area contributed by atoms with Crippen LogP contribution in [-0.2, 0) is 6.54 Å². The van der Waals surface area contributed by atoms with E-state index in [1.54, 1.807) is 30.3 Å². The molecule has 2 heterocycles. The molecule has 0 saturated carbocycles. The highest BCUT2D eigenvalue weighted by Gasteiger charge is 2.20. The van der Waals surface area contributed by atoms with Crippen molar-refractivity contribution >= 4 is 39.9 Å². The van der Waals surface area contributed by atoms with E-state index in [1.165, 1.54) is 21.2 Å². The van der Waals surface area contributed by atoms with Crippen molar-refractivity contribution in [1.82, 2.24) is 19.2 Å². The summed E-state index contributed by atoms with van der Waals surface area (Å²) >= 11 is 5.99. The fourth-order valence-corrected chi connectivity index (χ4v) is 4.12. The zero-order chi connectivity index (χ0) is 24.0. The first-order valence-corrected chi connectivity index (χ1v) is 10.9. The third-order valence-corrected chi connectivity index (χ3v) is 5.80. The summed E-state index contributed by atoms with van der Waals surface area (Å²) in [6.45, 7) is 3.88. The minimum absolute atomic E-state index is 0.00531. The fourth-order valence-electron chi connectivity index (χ4n) is 3.89. The Morgan fingerprint density at radius 1 is 1.06 bits per heavy atom. The molecule has 0 aliphatic rings. The highest BCUT2D eigenvalue weighted by Crippen LogP contribution is 2.21. The van der Waals surface area contributed by atoms with Crippen molar-refractivity contribution in [2.75, 3.05) is 5.32 Å². The summed E-state index contributed by atoms with van der Waals surface area (Å²) in [5.41, 5.74) is 3.70. The van der Waals surface area contributed by atoms with Crippen molar-refractivity contribution in [3.05, 3.63) is 104 Å². The van der Waals surface area contributed by atoms with Gasteiger partial charge in [-0.3, -0.25) is 14.2 Å². The predicted molar refractivity (Wildman–Crippen MR) is 129 cm³/mol. The van der Waals surface area contributed by atoms with Gasteiger partial charge in [0.1, 0.15) is 5.82 Å². The maximum absolute atomic E-state index is 13.8. The zero-order valence-corrected chi connectivity index (χ0v) is 19.1. The van der Waals surface area contributed by atoms with Gasteiger partial charge in [-0.05, 0) is 73.0 Å². The lowest BCUT2D eigenvalue weighted by Gasteiger charge is -2.12. The summed E-state index contributed by atoms with van der Waals surface area (Å²) in [6, 6.07) is 16.7. The molecule has 34 heavy (non-hydrogen) atoms. The van der Waals surface area contributed by atoms with E-state index in [0.717, 1.165) is 11.1 Å². The summed E-state index contributed by atoms with van der Waals surface area (Å²) in [4.78, 5) is 30.6. The average Bonchev–Trinajstić information content (AvgIpc) is 3.24. The maximum atomic E-state index is 13.8. The number of halogens is 2. The van der Waals surface area contributed by atoms with Crippen LogP contribution >= 0.6 is 11.6 Å². The van der Waals surface area contributed by atoms with E-state index in [0.29, 0.717) is 27.3 Å². The summed E-state index contributed by atoms with van der Waals surface area (Å²) < 4.78 is 16.7. The van der Waals surface area contributed by atoms with Crippen LogP contribution in [0.5, 0.6) is 0 Å². The number of aryl methyl sites for hydroxylation is 2. The molecule has 0 radical (unpaired) electrons. The SMILES string of the molecule is Cc1ccc2c(c1)n(Cc1cccc(F)c1)c(=O)c1nc(C(=O)Nc3ccc(Cl)cc3C)nn12. The molecule has 0 fully saturated rings. The van der Waals surface area contributed by atoms with Gasteiger partial charge >= 0.3 is 0 Å². The summed E-state index contributed by atoms with van der Waals surface area (Å²) in [7, 11) is 0. The van der Waals surface area contributed by atoms with Crippen LogP contribution in [-0.4, -0.2) is 25.1 Å². The lowest BCUT2D eigenvalue weighted by atomic mass is 10.2. The van der Waals surface area contributed by atoms with Crippen molar-refractivity contribution in [2.24, 2.45) is 0 Å². The van der Waals surface area contributed by atoms with Crippen molar-refractivity contribution < 1.29 is 9.18 Å². The van der Waals surface area contributed by atoms with Crippen LogP contribution in [0.25, 0.3) is 16.7 Å². The Morgan fingerprint density at radius 3 is 2.65 bits per heavy atom. The van der Waals surface area contributed by atoms with Crippen LogP contribution < -0.4 is 10.9 Å². The van der Waals surface area contributed by atoms with Crippen LogP contribution in [0, 0.1) is 19.7 Å². The summed E-state index contributed by atoms with van der Waals surface area (Å²) in [6.07, 6.45) is 0. The van der Waals surface area contributed by atoms with Crippen molar-refractivity contribution in [3.63, 3.8) is 0 Å². The molecule has 0 saturated heterocycles. The lowest BCUT2D eigenvalue weighted by molar-refractivity contribution is 0.101. The molecule has 3 aromatic carbocycles. The van der Waals surface area contributed by atoms with Gasteiger partial charge in [-0.1, -0.05) is 29.8 Å². The van der Waals surface area contributed by atoms with E-state index in [1.807, 2.05) is 32.0 Å². The number of benzene rings is 3. The Morgan fingerprint density at radius 2 is 1.88 bits per heavy atom. The van der Waals surface area contributed by atoms with Gasteiger partial charge in [0.05, 0.1) is 17.6 Å². The topological polar surface area (TPSA) is 81.3 Å². The van der Waals surface area contributed by atoms with Gasteiger partial charge in [0.2, 0.25) is 11.5 Å². The molecule has 170 valence electrons. The third-order valence-electron chi connectivity index (χ3n) is 5.56. The molecule has 0 bridgehead atoms. The number of aromatic nitrogens is 4. The molecule has 0 aliphatic heterocycles. The molecule has 9 heteroatoms. The van der Waals surface area contributed by atoms with Gasteiger partial charge in [0, 0.05) is 10.7 Å². The Balaban J connectivity index is 1.64. The van der Waals surface area contributed by atoms with Crippen LogP contribution in [0.2, 0.25) is 5.02 Å². The Bertz CT molecular complexity index is 1660. The summed E-state index contributed by atoms with van der Waals surface area (Å²) in [5.74, 6) is -1.08. The zero-order valence-electron chi connectivity index (χ0n) is 18.3. The standard InChI is InChI=1S/C25H19ClFN5O2/c1-14-6-9-20-21(10-14)31(13-16-4-3-5-18(27)12-16)25(34)23-29-22(30-32(20)23)24(33)28-19-8-7-17(26)11-15(19)2/h3-12H,13H2,1-2H3,(H,28,33). The second-order valence-electron chi connectivity index (χ2n) is 8.10. The highest BCUT2D eigenvalue weighted by molar-refractivity contribution is 6.30. The highest BCUT2D eigenvalue weighted by atomic mass is 35.5. The quantitative estimate of drug-likeness (QED) is 0.406. The number of amides is 1. The number of carbonyl (C=O) groups is 1. The van der Waals surface area contributed by atoms with E-state index in [2.05, 4.69) is 15.4 Å². The van der Waals surface area contributed by atoms with Crippen LogP contribution in [0.1, 0.15) is 27.3 Å². The minimum Gasteiger partial charge on any atom is -0.319 e. The van der Waals surface area contributed by atoms with E-state index >= 15 is 0 Å². The molecule has 5 aromatic rings. The van der Waals surface area contributed by atoms with Gasteiger partial charge < -0.3 is 5.32 Å². The molecule has 7 nitrogen and oxygen atoms in total. The van der Waals surface area contributed by atoms with Crippen LogP contribution in [0.3, 0.4) is 0 Å². The Hall–Kier alpha value is -4.04. The number of hydrogen-bond acceptors (Lipinski definition) is 4. The molecule has 2 aromatic heterocycles. The Labute approximate surface area is 198 Å². The van der Waals surface area contributed by atoms with Crippen molar-refractivity contribution in [2.45, 2.75) is 20.4 Å². The number of anilines is 1. The van der Waals surface area contributed by atoms with Gasteiger partial charge in [-0.2, -0.15) is 4.98 Å². The molecular weight excluding hydrogens is 457 g/mol. The summed E-state index contributed by atoms with van der Waals surface area (Å²) in [5, 5.41) is 7.65. The van der Waals surface area contributed by atoms with Gasteiger partial charge in [0.15, 0.2) is 0 Å². The van der Waals surface area contributed by atoms with E-state index in [-0.39, 0.29) is 23.8 Å². The van der Waals surface area contributed by atoms with Crippen LogP contribution in [0.15, 0.2) is 65.5 Å². The predicted octanol–water partition coefficient (Wildman–Crippen LogP) is 4.75. The van der Waals surface area contributed by atoms with Gasteiger partial charge in [-0.25, -0.2) is 8.91 Å². The first kappa shape index (κ1) is 21.8. The molecular formula is C25H19ClFN5O2. The number of rotatable bonds is 4. The monoisotopic (exact) mass is 475 g/mol. The smallest absolute Gasteiger partial charge is 0.296 e. The number of fused-ring (bicyclic) bond motifs is 3. The molecule has 0 unspecified atom stereocenters. The molecule has 5 rings (SSSR count). The number of nitrogens with one attached hydrogen (secondary N) is 1. The fraction of sp³-hybridized carbons (Fsp3) is 0.120. The van der Waals surface area contributed by atoms with E-state index in [4.69, 9.17) is 11.6 Å². The van der Waals surface area contributed by atoms with Gasteiger partial charge in [0.25, 0.3) is 11.5 Å². The molecule has 0 aliphatic carbocycles. The van der Waals surface area contributed by atoms with Crippen molar-refractivity contribution in [3.8, 4) is 0 Å². The van der Waals surface area contributed by atoms with E-state index < -0.39 is 11.5 Å². The van der Waals surface area contributed by atoms with Gasteiger partial charge in [-0.15, -0.1) is 5.10 Å². The molecule has 1 amide bonds. The minimum atomic E-state index is -0.550. The average molecular weight is 476 g/mol. The molecule has 0 atom stereocenters. The lowest BCUT2D eigenvalue weighted by Crippen LogP contribution is -2.24. The molecule has 0 spiro atoms. The molecule has 1 N–H and O–H groups in total. The first-order chi connectivity index (χ1) is 16.3. The number of carbonyl (C=O) groups excluding carboxylic acids is 1. The largest absolute Gasteiger partial charge is 0.319 e. The third kappa shape index (κ3) is 3.92. The van der Waals surface area contributed by atoms with E-state index in [9.17, 15) is 14.0 Å². The van der Waals surface area contributed by atoms with Crippen molar-refractivity contribution in [1.29, 1.82) is 0 Å².